The molecule has 3 nitrogen and oxygen atoms in total. The van der Waals surface area contributed by atoms with Crippen LogP contribution in [0.2, 0.25) is 0 Å². The number of hydrogen-bond acceptors (Lipinski definition) is 3. The highest BCUT2D eigenvalue weighted by Gasteiger charge is 2.13. The first-order valence-electron chi connectivity index (χ1n) is 5.21. The number of rotatable bonds is 5. The number of hydrogen-bond donors (Lipinski definition) is 1. The van der Waals surface area contributed by atoms with E-state index in [-0.39, 0.29) is 0 Å². The molecule has 0 spiro atoms. The van der Waals surface area contributed by atoms with Crippen molar-refractivity contribution in [2.45, 2.75) is 12.5 Å². The maximum Gasteiger partial charge on any atom is 0.132 e. The lowest BCUT2D eigenvalue weighted by Gasteiger charge is -2.15. The lowest BCUT2D eigenvalue weighted by molar-refractivity contribution is 0.150. The summed E-state index contributed by atoms with van der Waals surface area (Å²) in [6.07, 6.45) is -0.260. The molecule has 4 heteroatoms. The van der Waals surface area contributed by atoms with Crippen LogP contribution < -0.4 is 4.74 Å². The van der Waals surface area contributed by atoms with Gasteiger partial charge in [-0.3, -0.25) is 0 Å². The van der Waals surface area contributed by atoms with Crippen molar-refractivity contribution in [1.82, 2.24) is 4.90 Å². The number of halogens is 1. The van der Waals surface area contributed by atoms with Gasteiger partial charge in [-0.25, -0.2) is 4.39 Å². The normalized spacial score (nSPS) is 12.9. The van der Waals surface area contributed by atoms with Crippen molar-refractivity contribution in [3.63, 3.8) is 0 Å². The van der Waals surface area contributed by atoms with Crippen molar-refractivity contribution >= 4 is 0 Å². The monoisotopic (exact) mass is 227 g/mol. The second-order valence-corrected chi connectivity index (χ2v) is 4.00. The minimum Gasteiger partial charge on any atom is -0.497 e. The quantitative estimate of drug-likeness (QED) is 0.832. The SMILES string of the molecule is COc1ccc(C(O)CCN(C)C)c(F)c1. The lowest BCUT2D eigenvalue weighted by atomic mass is 10.1. The molecular weight excluding hydrogens is 209 g/mol. The molecule has 0 fully saturated rings. The highest BCUT2D eigenvalue weighted by Crippen LogP contribution is 2.23. The van der Waals surface area contributed by atoms with Crippen LogP contribution in [0.25, 0.3) is 0 Å². The summed E-state index contributed by atoms with van der Waals surface area (Å²) >= 11 is 0. The standard InChI is InChI=1S/C12H18FNO2/c1-14(2)7-6-12(15)10-5-4-9(16-3)8-11(10)13/h4-5,8,12,15H,6-7H2,1-3H3. The van der Waals surface area contributed by atoms with Gasteiger partial charge in [0.15, 0.2) is 0 Å². The van der Waals surface area contributed by atoms with Crippen molar-refractivity contribution in [3.05, 3.63) is 29.6 Å². The molecule has 1 atom stereocenters. The third kappa shape index (κ3) is 3.47. The smallest absolute Gasteiger partial charge is 0.132 e. The largest absolute Gasteiger partial charge is 0.497 e. The van der Waals surface area contributed by atoms with Crippen LogP contribution >= 0.6 is 0 Å². The highest BCUT2D eigenvalue weighted by atomic mass is 19.1. The van der Waals surface area contributed by atoms with Gasteiger partial charge in [-0.1, -0.05) is 0 Å². The topological polar surface area (TPSA) is 32.7 Å². The third-order valence-corrected chi connectivity index (χ3v) is 2.42. The molecule has 1 aromatic carbocycles. The number of aliphatic hydroxyl groups excluding tert-OH is 1. The van der Waals surface area contributed by atoms with Gasteiger partial charge in [0.05, 0.1) is 13.2 Å². The highest BCUT2D eigenvalue weighted by molar-refractivity contribution is 5.30. The molecule has 16 heavy (non-hydrogen) atoms. The van der Waals surface area contributed by atoms with Crippen LogP contribution in [-0.4, -0.2) is 37.8 Å². The zero-order valence-electron chi connectivity index (χ0n) is 9.90. The molecule has 0 bridgehead atoms. The molecule has 90 valence electrons. The van der Waals surface area contributed by atoms with Gasteiger partial charge in [0.25, 0.3) is 0 Å². The molecule has 0 aliphatic carbocycles. The van der Waals surface area contributed by atoms with Crippen LogP contribution in [0.5, 0.6) is 5.75 Å². The zero-order valence-corrected chi connectivity index (χ0v) is 9.90. The van der Waals surface area contributed by atoms with Crippen LogP contribution in [0.4, 0.5) is 4.39 Å². The van der Waals surface area contributed by atoms with Crippen molar-refractivity contribution in [3.8, 4) is 5.75 Å². The third-order valence-electron chi connectivity index (χ3n) is 2.42. The molecule has 0 amide bonds. The van der Waals surface area contributed by atoms with Gasteiger partial charge >= 0.3 is 0 Å². The van der Waals surface area contributed by atoms with E-state index in [2.05, 4.69) is 0 Å². The lowest BCUT2D eigenvalue weighted by Crippen LogP contribution is -2.16. The van der Waals surface area contributed by atoms with E-state index in [9.17, 15) is 9.50 Å². The van der Waals surface area contributed by atoms with Crippen molar-refractivity contribution in [2.24, 2.45) is 0 Å². The molecule has 0 aliphatic heterocycles. The molecule has 0 aromatic heterocycles. The molecule has 0 saturated carbocycles. The molecule has 1 aromatic rings. The number of benzene rings is 1. The maximum absolute atomic E-state index is 13.6. The zero-order chi connectivity index (χ0) is 12.1. The van der Waals surface area contributed by atoms with Gasteiger partial charge in [-0.05, 0) is 32.6 Å². The summed E-state index contributed by atoms with van der Waals surface area (Å²) in [6, 6.07) is 4.50. The fraction of sp³-hybridized carbons (Fsp3) is 0.500. The van der Waals surface area contributed by atoms with Gasteiger partial charge in [-0.2, -0.15) is 0 Å². The minimum atomic E-state index is -0.770. The summed E-state index contributed by atoms with van der Waals surface area (Å²) in [5, 5.41) is 9.81. The summed E-state index contributed by atoms with van der Waals surface area (Å²) in [7, 11) is 5.31. The Morgan fingerprint density at radius 1 is 1.44 bits per heavy atom. The Labute approximate surface area is 95.5 Å². The Balaban J connectivity index is 2.71. The van der Waals surface area contributed by atoms with Crippen LogP contribution in [-0.2, 0) is 0 Å². The van der Waals surface area contributed by atoms with E-state index in [0.29, 0.717) is 24.3 Å². The number of aliphatic hydroxyl groups is 1. The molecule has 0 heterocycles. The second kappa shape index (κ2) is 5.82. The van der Waals surface area contributed by atoms with E-state index in [0.717, 1.165) is 0 Å². The maximum atomic E-state index is 13.6. The molecule has 1 unspecified atom stereocenters. The first-order chi connectivity index (χ1) is 7.54. The summed E-state index contributed by atoms with van der Waals surface area (Å²) < 4.78 is 18.5. The van der Waals surface area contributed by atoms with E-state index < -0.39 is 11.9 Å². The van der Waals surface area contributed by atoms with Gasteiger partial charge in [0.1, 0.15) is 11.6 Å². The van der Waals surface area contributed by atoms with E-state index >= 15 is 0 Å². The Morgan fingerprint density at radius 2 is 2.12 bits per heavy atom. The Kier molecular flexibility index (Phi) is 4.71. The first kappa shape index (κ1) is 12.9. The predicted molar refractivity (Wildman–Crippen MR) is 61.1 cm³/mol. The summed E-state index contributed by atoms with van der Waals surface area (Å²) in [5.41, 5.74) is 0.322. The Hall–Kier alpha value is -1.13. The Morgan fingerprint density at radius 3 is 2.62 bits per heavy atom. The Bertz CT molecular complexity index is 342. The molecule has 0 aliphatic rings. The summed E-state index contributed by atoms with van der Waals surface area (Å²) in [6.45, 7) is 0.715. The van der Waals surface area contributed by atoms with Gasteiger partial charge in [0, 0.05) is 18.2 Å². The second-order valence-electron chi connectivity index (χ2n) is 4.00. The molecule has 0 radical (unpaired) electrons. The van der Waals surface area contributed by atoms with Crippen LogP contribution in [0.3, 0.4) is 0 Å². The summed E-state index contributed by atoms with van der Waals surface area (Å²) in [4.78, 5) is 1.95. The fourth-order valence-electron chi connectivity index (χ4n) is 1.44. The van der Waals surface area contributed by atoms with Crippen LogP contribution in [0.1, 0.15) is 18.1 Å². The average molecular weight is 227 g/mol. The number of methoxy groups -OCH3 is 1. The van der Waals surface area contributed by atoms with E-state index in [1.54, 1.807) is 12.1 Å². The van der Waals surface area contributed by atoms with E-state index in [4.69, 9.17) is 4.74 Å². The van der Waals surface area contributed by atoms with Crippen molar-refractivity contribution in [1.29, 1.82) is 0 Å². The van der Waals surface area contributed by atoms with Gasteiger partial charge in [0.2, 0.25) is 0 Å². The fourth-order valence-corrected chi connectivity index (χ4v) is 1.44. The summed E-state index contributed by atoms with van der Waals surface area (Å²) in [5.74, 6) is 0.0339. The molecule has 1 rings (SSSR count). The minimum absolute atomic E-state index is 0.322. The molecular formula is C12H18FNO2. The average Bonchev–Trinajstić information content (AvgIpc) is 2.25. The van der Waals surface area contributed by atoms with Gasteiger partial charge in [-0.15, -0.1) is 0 Å². The van der Waals surface area contributed by atoms with E-state index in [1.165, 1.54) is 13.2 Å². The number of ether oxygens (including phenoxy) is 1. The number of nitrogens with zero attached hydrogens (tertiary/aromatic N) is 1. The molecule has 1 N–H and O–H groups in total. The van der Waals surface area contributed by atoms with Crippen molar-refractivity contribution < 1.29 is 14.2 Å². The van der Waals surface area contributed by atoms with Gasteiger partial charge < -0.3 is 14.7 Å². The van der Waals surface area contributed by atoms with E-state index in [1.807, 2.05) is 19.0 Å². The van der Waals surface area contributed by atoms with Crippen LogP contribution in [0.15, 0.2) is 18.2 Å². The van der Waals surface area contributed by atoms with Crippen molar-refractivity contribution in [2.75, 3.05) is 27.7 Å². The molecule has 0 saturated heterocycles. The predicted octanol–water partition coefficient (Wildman–Crippen LogP) is 1.82. The first-order valence-corrected chi connectivity index (χ1v) is 5.21. The van der Waals surface area contributed by atoms with Crippen LogP contribution in [0, 0.1) is 5.82 Å².